The van der Waals surface area contributed by atoms with Crippen molar-refractivity contribution in [3.63, 3.8) is 0 Å². The SMILES string of the molecule is CCOC1CC(CN)(N(C)C2CCCC2)C1. The van der Waals surface area contributed by atoms with Crippen molar-refractivity contribution in [1.82, 2.24) is 4.90 Å². The number of hydrogen-bond donors (Lipinski definition) is 1. The standard InChI is InChI=1S/C13H26N2O/c1-3-16-12-8-13(9-12,10-14)15(2)11-6-4-5-7-11/h11-12H,3-10,14H2,1-2H3. The smallest absolute Gasteiger partial charge is 0.0611 e. The van der Waals surface area contributed by atoms with Crippen molar-refractivity contribution in [2.24, 2.45) is 5.73 Å². The van der Waals surface area contributed by atoms with Crippen LogP contribution in [0.2, 0.25) is 0 Å². The van der Waals surface area contributed by atoms with E-state index in [1.807, 2.05) is 0 Å². The highest BCUT2D eigenvalue weighted by molar-refractivity contribution is 5.05. The van der Waals surface area contributed by atoms with Crippen molar-refractivity contribution in [1.29, 1.82) is 0 Å². The van der Waals surface area contributed by atoms with Gasteiger partial charge in [-0.3, -0.25) is 4.90 Å². The monoisotopic (exact) mass is 226 g/mol. The van der Waals surface area contributed by atoms with Crippen LogP contribution in [0.1, 0.15) is 45.4 Å². The number of nitrogens with two attached hydrogens (primary N) is 1. The van der Waals surface area contributed by atoms with E-state index < -0.39 is 0 Å². The first kappa shape index (κ1) is 12.3. The highest BCUT2D eigenvalue weighted by Crippen LogP contribution is 2.41. The molecule has 2 saturated carbocycles. The van der Waals surface area contributed by atoms with E-state index in [2.05, 4.69) is 18.9 Å². The fraction of sp³-hybridized carbons (Fsp3) is 1.00. The summed E-state index contributed by atoms with van der Waals surface area (Å²) in [5, 5.41) is 0. The molecule has 0 bridgehead atoms. The molecule has 2 aliphatic rings. The van der Waals surface area contributed by atoms with E-state index in [9.17, 15) is 0 Å². The second-order valence-electron chi connectivity index (χ2n) is 5.46. The number of ether oxygens (including phenoxy) is 1. The molecule has 0 aliphatic heterocycles. The zero-order valence-electron chi connectivity index (χ0n) is 10.7. The molecule has 0 radical (unpaired) electrons. The predicted octanol–water partition coefficient (Wildman–Crippen LogP) is 1.76. The zero-order valence-corrected chi connectivity index (χ0v) is 10.7. The van der Waals surface area contributed by atoms with Crippen molar-refractivity contribution in [3.05, 3.63) is 0 Å². The van der Waals surface area contributed by atoms with Gasteiger partial charge >= 0.3 is 0 Å². The van der Waals surface area contributed by atoms with Gasteiger partial charge in [-0.1, -0.05) is 12.8 Å². The van der Waals surface area contributed by atoms with Crippen molar-refractivity contribution >= 4 is 0 Å². The second-order valence-corrected chi connectivity index (χ2v) is 5.46. The summed E-state index contributed by atoms with van der Waals surface area (Å²) in [6.07, 6.45) is 8.22. The first-order chi connectivity index (χ1) is 7.72. The Balaban J connectivity index is 1.90. The molecule has 2 N–H and O–H groups in total. The van der Waals surface area contributed by atoms with Gasteiger partial charge in [-0.2, -0.15) is 0 Å². The lowest BCUT2D eigenvalue weighted by molar-refractivity contribution is -0.103. The molecule has 0 aromatic carbocycles. The molecule has 2 aliphatic carbocycles. The maximum absolute atomic E-state index is 6.00. The van der Waals surface area contributed by atoms with Crippen molar-refractivity contribution in [2.75, 3.05) is 20.2 Å². The maximum Gasteiger partial charge on any atom is 0.0611 e. The van der Waals surface area contributed by atoms with E-state index in [0.717, 1.165) is 32.0 Å². The Morgan fingerprint density at radius 2 is 1.94 bits per heavy atom. The summed E-state index contributed by atoms with van der Waals surface area (Å²) in [4.78, 5) is 2.56. The van der Waals surface area contributed by atoms with E-state index in [1.54, 1.807) is 0 Å². The summed E-state index contributed by atoms with van der Waals surface area (Å²) in [7, 11) is 2.27. The minimum Gasteiger partial charge on any atom is -0.378 e. The first-order valence-electron chi connectivity index (χ1n) is 6.76. The third-order valence-corrected chi connectivity index (χ3v) is 4.62. The van der Waals surface area contributed by atoms with E-state index in [0.29, 0.717) is 6.10 Å². The Morgan fingerprint density at radius 1 is 1.31 bits per heavy atom. The summed E-state index contributed by atoms with van der Waals surface area (Å²) in [6, 6.07) is 0.770. The van der Waals surface area contributed by atoms with Gasteiger partial charge in [0, 0.05) is 24.7 Å². The molecule has 0 spiro atoms. The molecular formula is C13H26N2O. The number of rotatable bonds is 5. The van der Waals surface area contributed by atoms with Crippen molar-refractivity contribution < 1.29 is 4.74 Å². The summed E-state index contributed by atoms with van der Waals surface area (Å²) >= 11 is 0. The molecule has 0 saturated heterocycles. The average molecular weight is 226 g/mol. The van der Waals surface area contributed by atoms with Gasteiger partial charge in [0.1, 0.15) is 0 Å². The second kappa shape index (κ2) is 5.03. The number of nitrogens with zero attached hydrogens (tertiary/aromatic N) is 1. The molecule has 0 aromatic rings. The van der Waals surface area contributed by atoms with E-state index in [1.165, 1.54) is 25.7 Å². The highest BCUT2D eigenvalue weighted by atomic mass is 16.5. The lowest BCUT2D eigenvalue weighted by Gasteiger charge is -2.54. The highest BCUT2D eigenvalue weighted by Gasteiger charge is 2.48. The van der Waals surface area contributed by atoms with Crippen LogP contribution in [0.3, 0.4) is 0 Å². The largest absolute Gasteiger partial charge is 0.378 e. The molecule has 3 nitrogen and oxygen atoms in total. The fourth-order valence-electron chi connectivity index (χ4n) is 3.42. The van der Waals surface area contributed by atoms with Crippen LogP contribution in [0, 0.1) is 0 Å². The Labute approximate surface area is 99.3 Å². The van der Waals surface area contributed by atoms with Crippen LogP contribution in [-0.2, 0) is 4.74 Å². The minimum atomic E-state index is 0.245. The summed E-state index contributed by atoms with van der Waals surface area (Å²) in [5.74, 6) is 0. The molecule has 3 heteroatoms. The van der Waals surface area contributed by atoms with Crippen molar-refractivity contribution in [3.8, 4) is 0 Å². The lowest BCUT2D eigenvalue weighted by atomic mass is 9.72. The Morgan fingerprint density at radius 3 is 2.44 bits per heavy atom. The molecule has 2 fully saturated rings. The summed E-state index contributed by atoms with van der Waals surface area (Å²) in [6.45, 7) is 3.69. The molecule has 0 atom stereocenters. The van der Waals surface area contributed by atoms with Gasteiger partial charge in [-0.25, -0.2) is 0 Å². The van der Waals surface area contributed by atoms with Gasteiger partial charge in [0.25, 0.3) is 0 Å². The minimum absolute atomic E-state index is 0.245. The van der Waals surface area contributed by atoms with E-state index >= 15 is 0 Å². The van der Waals surface area contributed by atoms with Crippen LogP contribution in [0.5, 0.6) is 0 Å². The third-order valence-electron chi connectivity index (χ3n) is 4.62. The normalized spacial score (nSPS) is 35.6. The molecule has 0 unspecified atom stereocenters. The molecular weight excluding hydrogens is 200 g/mol. The number of likely N-dealkylation sites (N-methyl/N-ethyl adjacent to an activating group) is 1. The zero-order chi connectivity index (χ0) is 11.6. The molecule has 16 heavy (non-hydrogen) atoms. The molecule has 94 valence electrons. The molecule has 0 aromatic heterocycles. The first-order valence-corrected chi connectivity index (χ1v) is 6.76. The quantitative estimate of drug-likeness (QED) is 0.776. The number of hydrogen-bond acceptors (Lipinski definition) is 3. The van der Waals surface area contributed by atoms with E-state index in [4.69, 9.17) is 10.5 Å². The predicted molar refractivity (Wildman–Crippen MR) is 66.5 cm³/mol. The van der Waals surface area contributed by atoms with Crippen molar-refractivity contribution in [2.45, 2.75) is 63.1 Å². The topological polar surface area (TPSA) is 38.5 Å². The van der Waals surface area contributed by atoms with Crippen LogP contribution in [0.25, 0.3) is 0 Å². The van der Waals surface area contributed by atoms with Crippen LogP contribution in [-0.4, -0.2) is 42.8 Å². The Hall–Kier alpha value is -0.120. The molecule has 0 amide bonds. The van der Waals surface area contributed by atoms with Gasteiger partial charge in [-0.15, -0.1) is 0 Å². The average Bonchev–Trinajstić information content (AvgIpc) is 2.75. The van der Waals surface area contributed by atoms with Gasteiger partial charge in [0.15, 0.2) is 0 Å². The maximum atomic E-state index is 6.00. The van der Waals surface area contributed by atoms with Gasteiger partial charge in [-0.05, 0) is 39.7 Å². The Bertz CT molecular complexity index is 220. The van der Waals surface area contributed by atoms with Crippen LogP contribution in [0.15, 0.2) is 0 Å². The summed E-state index contributed by atoms with van der Waals surface area (Å²) < 4.78 is 5.67. The molecule has 2 rings (SSSR count). The van der Waals surface area contributed by atoms with Gasteiger partial charge in [0.2, 0.25) is 0 Å². The molecule has 0 heterocycles. The van der Waals surface area contributed by atoms with Crippen LogP contribution in [0.4, 0.5) is 0 Å². The fourth-order valence-corrected chi connectivity index (χ4v) is 3.42. The third kappa shape index (κ3) is 2.13. The lowest BCUT2D eigenvalue weighted by Crippen LogP contribution is -2.64. The van der Waals surface area contributed by atoms with Gasteiger partial charge in [0.05, 0.1) is 6.10 Å². The van der Waals surface area contributed by atoms with Crippen LogP contribution < -0.4 is 5.73 Å². The summed E-state index contributed by atoms with van der Waals surface area (Å²) in [5.41, 5.74) is 6.24. The Kier molecular flexibility index (Phi) is 3.88. The van der Waals surface area contributed by atoms with Gasteiger partial charge < -0.3 is 10.5 Å². The van der Waals surface area contributed by atoms with E-state index in [-0.39, 0.29) is 5.54 Å². The van der Waals surface area contributed by atoms with Crippen LogP contribution >= 0.6 is 0 Å².